The molecule has 3 rings (SSSR count). The minimum Gasteiger partial charge on any atom is -0.392 e. The van der Waals surface area contributed by atoms with Crippen molar-refractivity contribution in [3.63, 3.8) is 0 Å². The molecule has 22 heavy (non-hydrogen) atoms. The number of hydrogen-bond acceptors (Lipinski definition) is 5. The molecule has 0 unspecified atom stereocenters. The number of benzene rings is 1. The zero-order valence-electron chi connectivity index (χ0n) is 11.9. The van der Waals surface area contributed by atoms with Crippen LogP contribution in [0.4, 0.5) is 11.5 Å². The number of rotatable bonds is 3. The summed E-state index contributed by atoms with van der Waals surface area (Å²) in [4.78, 5) is 15.1. The standard InChI is InChI=1S/C15H14N4O3/c1-9-2-4-11(6-12(9)19(21)22)14-15(16)18-7-10(8-20)3-5-13(18)17-14/h2-7,20H,8,16H2,1H3. The molecule has 0 aliphatic heterocycles. The molecule has 0 aliphatic carbocycles. The summed E-state index contributed by atoms with van der Waals surface area (Å²) >= 11 is 0. The highest BCUT2D eigenvalue weighted by molar-refractivity contribution is 5.76. The summed E-state index contributed by atoms with van der Waals surface area (Å²) in [6.07, 6.45) is 1.70. The van der Waals surface area contributed by atoms with Crippen molar-refractivity contribution in [2.45, 2.75) is 13.5 Å². The van der Waals surface area contributed by atoms with Gasteiger partial charge in [-0.2, -0.15) is 0 Å². The smallest absolute Gasteiger partial charge is 0.272 e. The summed E-state index contributed by atoms with van der Waals surface area (Å²) in [7, 11) is 0. The third-order valence-corrected chi connectivity index (χ3v) is 3.58. The van der Waals surface area contributed by atoms with E-state index >= 15 is 0 Å². The van der Waals surface area contributed by atoms with Crippen LogP contribution in [0.2, 0.25) is 0 Å². The Morgan fingerprint density at radius 2 is 2.14 bits per heavy atom. The van der Waals surface area contributed by atoms with E-state index in [4.69, 9.17) is 5.73 Å². The van der Waals surface area contributed by atoms with E-state index in [0.717, 1.165) is 0 Å². The SMILES string of the molecule is Cc1ccc(-c2nc3ccc(CO)cn3c2N)cc1[N+](=O)[O-]. The predicted molar refractivity (Wildman–Crippen MR) is 82.4 cm³/mol. The van der Waals surface area contributed by atoms with Crippen molar-refractivity contribution in [1.29, 1.82) is 0 Å². The number of nitrogen functional groups attached to an aromatic ring is 1. The summed E-state index contributed by atoms with van der Waals surface area (Å²) in [5.74, 6) is 0.378. The molecule has 7 nitrogen and oxygen atoms in total. The number of imidazole rings is 1. The Morgan fingerprint density at radius 1 is 1.36 bits per heavy atom. The number of aliphatic hydroxyl groups is 1. The number of pyridine rings is 1. The van der Waals surface area contributed by atoms with Crippen molar-refractivity contribution < 1.29 is 10.0 Å². The molecule has 0 fully saturated rings. The van der Waals surface area contributed by atoms with Gasteiger partial charge in [0.15, 0.2) is 0 Å². The molecule has 3 N–H and O–H groups in total. The first kappa shape index (κ1) is 14.0. The third kappa shape index (κ3) is 2.17. The highest BCUT2D eigenvalue weighted by atomic mass is 16.6. The van der Waals surface area contributed by atoms with Crippen molar-refractivity contribution >= 4 is 17.2 Å². The van der Waals surface area contributed by atoms with Gasteiger partial charge in [0.25, 0.3) is 5.69 Å². The molecule has 0 amide bonds. The van der Waals surface area contributed by atoms with Crippen LogP contribution in [0.5, 0.6) is 0 Å². The summed E-state index contributed by atoms with van der Waals surface area (Å²) in [6, 6.07) is 8.40. The van der Waals surface area contributed by atoms with E-state index in [2.05, 4.69) is 4.98 Å². The Kier molecular flexibility index (Phi) is 3.26. The first-order valence-corrected chi connectivity index (χ1v) is 6.64. The van der Waals surface area contributed by atoms with Gasteiger partial charge in [0.2, 0.25) is 0 Å². The summed E-state index contributed by atoms with van der Waals surface area (Å²) in [5.41, 5.74) is 9.12. The molecule has 0 saturated heterocycles. The van der Waals surface area contributed by atoms with E-state index in [1.807, 2.05) is 0 Å². The Bertz CT molecular complexity index is 886. The van der Waals surface area contributed by atoms with Crippen LogP contribution in [0.1, 0.15) is 11.1 Å². The molecule has 3 aromatic rings. The van der Waals surface area contributed by atoms with Crippen LogP contribution in [-0.2, 0) is 6.61 Å². The Hall–Kier alpha value is -2.93. The number of nitro benzene ring substituents is 1. The topological polar surface area (TPSA) is 107 Å². The van der Waals surface area contributed by atoms with Crippen molar-refractivity contribution in [2.24, 2.45) is 0 Å². The van der Waals surface area contributed by atoms with Crippen molar-refractivity contribution in [2.75, 3.05) is 5.73 Å². The number of nitro groups is 1. The number of nitrogens with two attached hydrogens (primary N) is 1. The maximum Gasteiger partial charge on any atom is 0.272 e. The fourth-order valence-corrected chi connectivity index (χ4v) is 2.37. The first-order valence-electron chi connectivity index (χ1n) is 6.64. The van der Waals surface area contributed by atoms with Gasteiger partial charge >= 0.3 is 0 Å². The summed E-state index contributed by atoms with van der Waals surface area (Å²) in [6.45, 7) is 1.58. The lowest BCUT2D eigenvalue weighted by Gasteiger charge is -2.02. The lowest BCUT2D eigenvalue weighted by molar-refractivity contribution is -0.385. The zero-order chi connectivity index (χ0) is 15.9. The van der Waals surface area contributed by atoms with Gasteiger partial charge < -0.3 is 10.8 Å². The molecule has 0 saturated carbocycles. The van der Waals surface area contributed by atoms with Crippen LogP contribution >= 0.6 is 0 Å². The zero-order valence-corrected chi connectivity index (χ0v) is 11.9. The molecule has 0 radical (unpaired) electrons. The van der Waals surface area contributed by atoms with Crippen LogP contribution in [0.3, 0.4) is 0 Å². The van der Waals surface area contributed by atoms with Crippen LogP contribution < -0.4 is 5.73 Å². The van der Waals surface area contributed by atoms with E-state index in [1.165, 1.54) is 6.07 Å². The normalized spacial score (nSPS) is 11.0. The van der Waals surface area contributed by atoms with Gasteiger partial charge in [-0.1, -0.05) is 18.2 Å². The molecule has 0 atom stereocenters. The van der Waals surface area contributed by atoms with Gasteiger partial charge in [-0.15, -0.1) is 0 Å². The van der Waals surface area contributed by atoms with Crippen LogP contribution in [-0.4, -0.2) is 19.4 Å². The second-order valence-electron chi connectivity index (χ2n) is 5.03. The van der Waals surface area contributed by atoms with E-state index < -0.39 is 4.92 Å². The highest BCUT2D eigenvalue weighted by Crippen LogP contribution is 2.30. The molecule has 7 heteroatoms. The number of aromatic nitrogens is 2. The molecule has 112 valence electrons. The predicted octanol–water partition coefficient (Wildman–Crippen LogP) is 2.29. The van der Waals surface area contributed by atoms with Gasteiger partial charge in [-0.25, -0.2) is 4.98 Å². The number of hydrogen-bond donors (Lipinski definition) is 2. The third-order valence-electron chi connectivity index (χ3n) is 3.58. The summed E-state index contributed by atoms with van der Waals surface area (Å²) < 4.78 is 1.66. The Labute approximate surface area is 125 Å². The molecule has 0 bridgehead atoms. The van der Waals surface area contributed by atoms with Crippen molar-refractivity contribution in [3.05, 3.63) is 57.8 Å². The van der Waals surface area contributed by atoms with E-state index in [-0.39, 0.29) is 12.3 Å². The Morgan fingerprint density at radius 3 is 2.82 bits per heavy atom. The lowest BCUT2D eigenvalue weighted by Crippen LogP contribution is -1.97. The van der Waals surface area contributed by atoms with Crippen molar-refractivity contribution in [1.82, 2.24) is 9.38 Å². The minimum atomic E-state index is -0.422. The molecular formula is C15H14N4O3. The quantitative estimate of drug-likeness (QED) is 0.570. The number of nitrogens with zero attached hydrogens (tertiary/aromatic N) is 3. The number of aryl methyl sites for hydroxylation is 1. The lowest BCUT2D eigenvalue weighted by atomic mass is 10.1. The second-order valence-corrected chi connectivity index (χ2v) is 5.03. The largest absolute Gasteiger partial charge is 0.392 e. The summed E-state index contributed by atoms with van der Waals surface area (Å²) in [5, 5.41) is 20.3. The minimum absolute atomic E-state index is 0.0324. The molecule has 0 spiro atoms. The number of fused-ring (bicyclic) bond motifs is 1. The first-order chi connectivity index (χ1) is 10.5. The molecular weight excluding hydrogens is 284 g/mol. The van der Waals surface area contributed by atoms with Gasteiger partial charge in [0.05, 0.1) is 11.5 Å². The van der Waals surface area contributed by atoms with Gasteiger partial charge in [-0.05, 0) is 18.6 Å². The van der Waals surface area contributed by atoms with Crippen molar-refractivity contribution in [3.8, 4) is 11.3 Å². The van der Waals surface area contributed by atoms with E-state index in [1.54, 1.807) is 41.8 Å². The maximum absolute atomic E-state index is 11.1. The molecule has 2 aromatic heterocycles. The van der Waals surface area contributed by atoms with Crippen LogP contribution in [0.25, 0.3) is 16.9 Å². The molecule has 0 aliphatic rings. The average Bonchev–Trinajstić information content (AvgIpc) is 2.84. The number of aliphatic hydroxyl groups excluding tert-OH is 1. The fourth-order valence-electron chi connectivity index (χ4n) is 2.37. The van der Waals surface area contributed by atoms with Gasteiger partial charge in [0, 0.05) is 23.4 Å². The highest BCUT2D eigenvalue weighted by Gasteiger charge is 2.16. The van der Waals surface area contributed by atoms with Gasteiger partial charge in [0.1, 0.15) is 17.2 Å². The molecule has 2 heterocycles. The second kappa shape index (κ2) is 5.12. The van der Waals surface area contributed by atoms with Gasteiger partial charge in [-0.3, -0.25) is 14.5 Å². The average molecular weight is 298 g/mol. The van der Waals surface area contributed by atoms with Crippen LogP contribution in [0, 0.1) is 17.0 Å². The van der Waals surface area contributed by atoms with E-state index in [0.29, 0.717) is 33.8 Å². The molecule has 1 aromatic carbocycles. The Balaban J connectivity index is 2.20. The fraction of sp³-hybridized carbons (Fsp3) is 0.133. The maximum atomic E-state index is 11.1. The number of anilines is 1. The van der Waals surface area contributed by atoms with Crippen LogP contribution in [0.15, 0.2) is 36.5 Å². The van der Waals surface area contributed by atoms with E-state index in [9.17, 15) is 15.2 Å². The monoisotopic (exact) mass is 298 g/mol.